The minimum atomic E-state index is -0.364. The van der Waals surface area contributed by atoms with E-state index in [0.29, 0.717) is 5.82 Å². The Bertz CT molecular complexity index is 508. The van der Waals surface area contributed by atoms with Gasteiger partial charge >= 0.3 is 0 Å². The molecule has 0 aliphatic rings. The molecule has 0 aliphatic heterocycles. The largest absolute Gasteiger partial charge is 0.370 e. The van der Waals surface area contributed by atoms with E-state index in [2.05, 4.69) is 27.5 Å². The highest BCUT2D eigenvalue weighted by molar-refractivity contribution is 5.75. The van der Waals surface area contributed by atoms with Gasteiger partial charge in [-0.05, 0) is 34.9 Å². The van der Waals surface area contributed by atoms with Crippen molar-refractivity contribution in [2.45, 2.75) is 12.3 Å². The number of nitrogens with zero attached hydrogens (tertiary/aromatic N) is 3. The number of nitrogens with two attached hydrogens (primary N) is 1. The summed E-state index contributed by atoms with van der Waals surface area (Å²) in [7, 11) is 0. The van der Waals surface area contributed by atoms with Crippen LogP contribution in [-0.2, 0) is 4.79 Å². The third-order valence-electron chi connectivity index (χ3n) is 2.42. The molecule has 87 valence electrons. The molecule has 1 radical (unpaired) electrons. The molecule has 17 heavy (non-hydrogen) atoms. The number of carbonyl (C=O) groups excluding carboxylic acids is 1. The van der Waals surface area contributed by atoms with Crippen LogP contribution in [0.25, 0.3) is 11.4 Å². The number of hydrogen-bond donors (Lipinski definition) is 2. The van der Waals surface area contributed by atoms with Gasteiger partial charge in [0.1, 0.15) is 0 Å². The first kappa shape index (κ1) is 11.3. The minimum absolute atomic E-state index is 0.164. The van der Waals surface area contributed by atoms with Gasteiger partial charge in [0.05, 0.1) is 0 Å². The number of aromatic amines is 1. The van der Waals surface area contributed by atoms with Crippen molar-refractivity contribution in [3.8, 4) is 11.4 Å². The fourth-order valence-electron chi connectivity index (χ4n) is 1.58. The predicted molar refractivity (Wildman–Crippen MR) is 61.5 cm³/mol. The van der Waals surface area contributed by atoms with Crippen LogP contribution in [0.2, 0.25) is 0 Å². The Hall–Kier alpha value is -2.24. The first-order valence-corrected chi connectivity index (χ1v) is 5.12. The Morgan fingerprint density at radius 3 is 3.00 bits per heavy atom. The molecule has 0 aliphatic carbocycles. The number of hydrogen-bond acceptors (Lipinski definition) is 4. The summed E-state index contributed by atoms with van der Waals surface area (Å²) < 4.78 is 0. The van der Waals surface area contributed by atoms with Crippen molar-refractivity contribution in [3.63, 3.8) is 0 Å². The molecule has 6 heteroatoms. The van der Waals surface area contributed by atoms with Crippen molar-refractivity contribution in [3.05, 3.63) is 36.8 Å². The Balaban J connectivity index is 2.25. The Kier molecular flexibility index (Phi) is 3.13. The summed E-state index contributed by atoms with van der Waals surface area (Å²) in [6, 6.07) is 7.53. The van der Waals surface area contributed by atoms with Crippen LogP contribution in [-0.4, -0.2) is 26.5 Å². The molecule has 1 atom stereocenters. The maximum absolute atomic E-state index is 10.8. The third kappa shape index (κ3) is 2.66. The fraction of sp³-hybridized carbons (Fsp3) is 0.182. The first-order valence-electron chi connectivity index (χ1n) is 5.12. The van der Waals surface area contributed by atoms with Gasteiger partial charge in [-0.2, -0.15) is 0 Å². The SMILES string of the molecule is [CH2]C(CC(N)=O)c1cccc(-c2nnn[nH]2)c1. The van der Waals surface area contributed by atoms with E-state index in [1.165, 1.54) is 0 Å². The number of rotatable bonds is 4. The summed E-state index contributed by atoms with van der Waals surface area (Å²) in [4.78, 5) is 10.8. The Morgan fingerprint density at radius 2 is 2.35 bits per heavy atom. The van der Waals surface area contributed by atoms with Crippen LogP contribution in [0, 0.1) is 6.92 Å². The van der Waals surface area contributed by atoms with Crippen LogP contribution in [0.5, 0.6) is 0 Å². The zero-order valence-corrected chi connectivity index (χ0v) is 9.13. The summed E-state index contributed by atoms with van der Waals surface area (Å²) in [5, 5.41) is 13.5. The van der Waals surface area contributed by atoms with E-state index in [9.17, 15) is 4.79 Å². The third-order valence-corrected chi connectivity index (χ3v) is 2.42. The first-order chi connectivity index (χ1) is 8.16. The number of carbonyl (C=O) groups is 1. The van der Waals surface area contributed by atoms with Gasteiger partial charge in [-0.25, -0.2) is 5.10 Å². The van der Waals surface area contributed by atoms with E-state index in [1.54, 1.807) is 0 Å². The lowest BCUT2D eigenvalue weighted by atomic mass is 9.96. The van der Waals surface area contributed by atoms with E-state index >= 15 is 0 Å². The zero-order valence-electron chi connectivity index (χ0n) is 9.13. The van der Waals surface area contributed by atoms with Crippen molar-refractivity contribution in [1.29, 1.82) is 0 Å². The highest BCUT2D eigenvalue weighted by atomic mass is 16.1. The fourth-order valence-corrected chi connectivity index (χ4v) is 1.58. The topological polar surface area (TPSA) is 97.6 Å². The van der Waals surface area contributed by atoms with Gasteiger partial charge in [0.25, 0.3) is 0 Å². The van der Waals surface area contributed by atoms with Gasteiger partial charge in [-0.15, -0.1) is 5.10 Å². The molecular weight excluding hydrogens is 218 g/mol. The predicted octanol–water partition coefficient (Wildman–Crippen LogP) is 0.660. The van der Waals surface area contributed by atoms with Crippen molar-refractivity contribution in [2.24, 2.45) is 5.73 Å². The summed E-state index contributed by atoms with van der Waals surface area (Å²) in [5.74, 6) is 0.0539. The molecule has 1 unspecified atom stereocenters. The Morgan fingerprint density at radius 1 is 1.53 bits per heavy atom. The number of aromatic nitrogens is 4. The van der Waals surface area contributed by atoms with E-state index in [-0.39, 0.29) is 18.2 Å². The van der Waals surface area contributed by atoms with E-state index in [1.807, 2.05) is 24.3 Å². The Labute approximate surface area is 98.2 Å². The number of primary amides is 1. The molecule has 2 aromatic rings. The van der Waals surface area contributed by atoms with Crippen LogP contribution in [0.1, 0.15) is 17.9 Å². The van der Waals surface area contributed by atoms with E-state index in [4.69, 9.17) is 5.73 Å². The smallest absolute Gasteiger partial charge is 0.218 e. The lowest BCUT2D eigenvalue weighted by Gasteiger charge is -2.10. The standard InChI is InChI=1S/C11H12N5O/c1-7(5-10(12)17)8-3-2-4-9(6-8)11-13-15-16-14-11/h2-4,6-7H,1,5H2,(H2,12,17)(H,13,14,15,16). The highest BCUT2D eigenvalue weighted by Gasteiger charge is 2.10. The molecule has 0 spiro atoms. The monoisotopic (exact) mass is 230 g/mol. The second-order valence-electron chi connectivity index (χ2n) is 3.74. The molecule has 0 saturated heterocycles. The minimum Gasteiger partial charge on any atom is -0.370 e. The number of amides is 1. The second-order valence-corrected chi connectivity index (χ2v) is 3.74. The molecular formula is C11H12N5O. The number of benzene rings is 1. The van der Waals surface area contributed by atoms with Gasteiger partial charge < -0.3 is 5.73 Å². The molecule has 0 bridgehead atoms. The lowest BCUT2D eigenvalue weighted by molar-refractivity contribution is -0.118. The van der Waals surface area contributed by atoms with Gasteiger partial charge in [-0.1, -0.05) is 18.2 Å². The molecule has 1 aromatic carbocycles. The summed E-state index contributed by atoms with van der Waals surface area (Å²) in [6.07, 6.45) is 0.220. The van der Waals surface area contributed by atoms with Crippen LogP contribution >= 0.6 is 0 Å². The molecule has 1 heterocycles. The molecule has 6 nitrogen and oxygen atoms in total. The van der Waals surface area contributed by atoms with Gasteiger partial charge in [0, 0.05) is 12.0 Å². The van der Waals surface area contributed by atoms with Crippen molar-refractivity contribution >= 4 is 5.91 Å². The number of H-pyrrole nitrogens is 1. The van der Waals surface area contributed by atoms with Crippen LogP contribution in [0.15, 0.2) is 24.3 Å². The molecule has 0 saturated carbocycles. The molecule has 2 rings (SSSR count). The normalized spacial score (nSPS) is 12.3. The van der Waals surface area contributed by atoms with Crippen molar-refractivity contribution in [2.75, 3.05) is 0 Å². The quantitative estimate of drug-likeness (QED) is 0.806. The van der Waals surface area contributed by atoms with E-state index < -0.39 is 0 Å². The summed E-state index contributed by atoms with van der Waals surface area (Å²) in [6.45, 7) is 3.91. The summed E-state index contributed by atoms with van der Waals surface area (Å²) in [5.41, 5.74) is 6.93. The number of tetrazole rings is 1. The van der Waals surface area contributed by atoms with Crippen LogP contribution < -0.4 is 5.73 Å². The average molecular weight is 230 g/mol. The molecule has 3 N–H and O–H groups in total. The molecule has 1 amide bonds. The van der Waals surface area contributed by atoms with Gasteiger partial charge in [-0.3, -0.25) is 4.79 Å². The molecule has 0 fully saturated rings. The van der Waals surface area contributed by atoms with Gasteiger partial charge in [0.2, 0.25) is 5.91 Å². The van der Waals surface area contributed by atoms with Gasteiger partial charge in [0.15, 0.2) is 5.82 Å². The number of nitrogens with one attached hydrogen (secondary N) is 1. The summed E-state index contributed by atoms with van der Waals surface area (Å²) >= 11 is 0. The van der Waals surface area contributed by atoms with E-state index in [0.717, 1.165) is 11.1 Å². The maximum atomic E-state index is 10.8. The van der Waals surface area contributed by atoms with Crippen molar-refractivity contribution in [1.82, 2.24) is 20.6 Å². The highest BCUT2D eigenvalue weighted by Crippen LogP contribution is 2.22. The lowest BCUT2D eigenvalue weighted by Crippen LogP contribution is -2.13. The maximum Gasteiger partial charge on any atom is 0.218 e. The van der Waals surface area contributed by atoms with Crippen LogP contribution in [0.4, 0.5) is 0 Å². The zero-order chi connectivity index (χ0) is 12.3. The average Bonchev–Trinajstić information content (AvgIpc) is 2.82. The molecule has 1 aromatic heterocycles. The van der Waals surface area contributed by atoms with Crippen LogP contribution in [0.3, 0.4) is 0 Å². The van der Waals surface area contributed by atoms with Crippen molar-refractivity contribution < 1.29 is 4.79 Å². The second kappa shape index (κ2) is 4.73.